The van der Waals surface area contributed by atoms with Crippen molar-refractivity contribution in [1.82, 2.24) is 0 Å². The molecule has 0 radical (unpaired) electrons. The van der Waals surface area contributed by atoms with E-state index in [0.717, 1.165) is 0 Å². The average Bonchev–Trinajstić information content (AvgIpc) is 2.65. The number of urea groups is 1. The maximum atomic E-state index is 12.4. The van der Waals surface area contributed by atoms with Crippen LogP contribution in [0.1, 0.15) is 31.1 Å². The summed E-state index contributed by atoms with van der Waals surface area (Å²) in [6, 6.07) is 9.25. The van der Waals surface area contributed by atoms with Gasteiger partial charge in [-0.1, -0.05) is 12.1 Å². The van der Waals surface area contributed by atoms with Crippen molar-refractivity contribution < 1.29 is 23.8 Å². The summed E-state index contributed by atoms with van der Waals surface area (Å²) in [5.74, 6) is 0.775. The van der Waals surface area contributed by atoms with Gasteiger partial charge in [-0.3, -0.25) is 4.79 Å². The standard InChI is InChI=1S/C20H25N3O5/c1-4-26-16-11-13(12-17(27-5-2)18(16)28-6-3)22-20(25)23-15-10-8-7-9-14(15)19(21)24/h7-12H,4-6H2,1-3H3,(H2,21,24)(H2,22,23,25). The molecule has 0 atom stereocenters. The van der Waals surface area contributed by atoms with Gasteiger partial charge in [-0.2, -0.15) is 0 Å². The number of nitrogens with two attached hydrogens (primary N) is 1. The van der Waals surface area contributed by atoms with Crippen LogP contribution in [0.4, 0.5) is 16.2 Å². The Bertz CT molecular complexity index is 811. The summed E-state index contributed by atoms with van der Waals surface area (Å²) in [7, 11) is 0. The molecule has 0 bridgehead atoms. The smallest absolute Gasteiger partial charge is 0.323 e. The van der Waals surface area contributed by atoms with Gasteiger partial charge in [0, 0.05) is 12.1 Å². The zero-order valence-electron chi connectivity index (χ0n) is 16.2. The van der Waals surface area contributed by atoms with Crippen molar-refractivity contribution in [3.8, 4) is 17.2 Å². The first-order chi connectivity index (χ1) is 13.5. The molecule has 0 unspecified atom stereocenters. The largest absolute Gasteiger partial charge is 0.490 e. The summed E-state index contributed by atoms with van der Waals surface area (Å²) in [4.78, 5) is 23.9. The molecule has 8 nitrogen and oxygen atoms in total. The van der Waals surface area contributed by atoms with Gasteiger partial charge in [0.2, 0.25) is 5.75 Å². The Morgan fingerprint density at radius 3 is 2.00 bits per heavy atom. The SMILES string of the molecule is CCOc1cc(NC(=O)Nc2ccccc2C(N)=O)cc(OCC)c1OCC. The third kappa shape index (κ3) is 5.29. The number of carbonyl (C=O) groups is 2. The number of ether oxygens (including phenoxy) is 3. The molecule has 2 aromatic rings. The molecule has 8 heteroatoms. The van der Waals surface area contributed by atoms with Crippen LogP contribution in [-0.4, -0.2) is 31.8 Å². The van der Waals surface area contributed by atoms with Crippen LogP contribution < -0.4 is 30.6 Å². The number of anilines is 2. The maximum Gasteiger partial charge on any atom is 0.323 e. The van der Waals surface area contributed by atoms with Gasteiger partial charge in [0.05, 0.1) is 36.8 Å². The molecule has 2 aromatic carbocycles. The van der Waals surface area contributed by atoms with Gasteiger partial charge in [-0.05, 0) is 32.9 Å². The van der Waals surface area contributed by atoms with E-state index in [1.807, 2.05) is 20.8 Å². The molecule has 0 saturated carbocycles. The molecule has 3 amide bonds. The lowest BCUT2D eigenvalue weighted by Crippen LogP contribution is -2.22. The molecule has 150 valence electrons. The average molecular weight is 387 g/mol. The fourth-order valence-corrected chi connectivity index (χ4v) is 2.55. The number of amides is 3. The van der Waals surface area contributed by atoms with Crippen LogP contribution in [0.15, 0.2) is 36.4 Å². The van der Waals surface area contributed by atoms with Crippen LogP contribution in [-0.2, 0) is 0 Å². The van der Waals surface area contributed by atoms with Crippen molar-refractivity contribution >= 4 is 23.3 Å². The Hall–Kier alpha value is -3.42. The van der Waals surface area contributed by atoms with E-state index in [2.05, 4.69) is 10.6 Å². The minimum absolute atomic E-state index is 0.217. The van der Waals surface area contributed by atoms with Crippen LogP contribution in [0.3, 0.4) is 0 Å². The molecule has 28 heavy (non-hydrogen) atoms. The highest BCUT2D eigenvalue weighted by Crippen LogP contribution is 2.40. The highest BCUT2D eigenvalue weighted by molar-refractivity contribution is 6.06. The molecule has 4 N–H and O–H groups in total. The number of rotatable bonds is 9. The van der Waals surface area contributed by atoms with E-state index in [0.29, 0.717) is 48.4 Å². The zero-order valence-corrected chi connectivity index (χ0v) is 16.2. The molecule has 2 rings (SSSR count). The van der Waals surface area contributed by atoms with E-state index in [1.165, 1.54) is 6.07 Å². The number of primary amides is 1. The Kier molecular flexibility index (Phi) is 7.50. The van der Waals surface area contributed by atoms with E-state index in [9.17, 15) is 9.59 Å². The van der Waals surface area contributed by atoms with Gasteiger partial charge in [-0.15, -0.1) is 0 Å². The molecule has 0 aliphatic rings. The summed E-state index contributed by atoms with van der Waals surface area (Å²) in [6.07, 6.45) is 0. The fraction of sp³-hybridized carbons (Fsp3) is 0.300. The van der Waals surface area contributed by atoms with Crippen LogP contribution >= 0.6 is 0 Å². The summed E-state index contributed by atoms with van der Waals surface area (Å²) in [6.45, 7) is 6.85. The number of benzene rings is 2. The molecule has 0 fully saturated rings. The lowest BCUT2D eigenvalue weighted by molar-refractivity contribution is 0.100. The molecule has 0 heterocycles. The van der Waals surface area contributed by atoms with E-state index >= 15 is 0 Å². The number of para-hydroxylation sites is 1. The van der Waals surface area contributed by atoms with Crippen molar-refractivity contribution in [3.05, 3.63) is 42.0 Å². The van der Waals surface area contributed by atoms with Gasteiger partial charge in [0.15, 0.2) is 11.5 Å². The topological polar surface area (TPSA) is 112 Å². The fourth-order valence-electron chi connectivity index (χ4n) is 2.55. The van der Waals surface area contributed by atoms with Crippen molar-refractivity contribution in [2.75, 3.05) is 30.5 Å². The van der Waals surface area contributed by atoms with Crippen LogP contribution in [0.5, 0.6) is 17.2 Å². The van der Waals surface area contributed by atoms with Crippen LogP contribution in [0.2, 0.25) is 0 Å². The normalized spacial score (nSPS) is 10.1. The molecular formula is C20H25N3O5. The third-order valence-corrected chi connectivity index (χ3v) is 3.61. The monoisotopic (exact) mass is 387 g/mol. The number of hydrogen-bond donors (Lipinski definition) is 3. The van der Waals surface area contributed by atoms with Gasteiger partial charge in [0.25, 0.3) is 5.91 Å². The summed E-state index contributed by atoms with van der Waals surface area (Å²) in [5, 5.41) is 5.33. The summed E-state index contributed by atoms with van der Waals surface area (Å²) >= 11 is 0. The first-order valence-electron chi connectivity index (χ1n) is 9.03. The summed E-state index contributed by atoms with van der Waals surface area (Å²) < 4.78 is 16.9. The molecular weight excluding hydrogens is 362 g/mol. The first-order valence-corrected chi connectivity index (χ1v) is 9.03. The lowest BCUT2D eigenvalue weighted by atomic mass is 10.1. The minimum atomic E-state index is -0.630. The van der Waals surface area contributed by atoms with E-state index in [-0.39, 0.29) is 5.56 Å². The first kappa shape index (κ1) is 20.9. The molecule has 0 aromatic heterocycles. The Morgan fingerprint density at radius 2 is 1.46 bits per heavy atom. The molecule has 0 saturated heterocycles. The van der Waals surface area contributed by atoms with Crippen molar-refractivity contribution in [3.63, 3.8) is 0 Å². The molecule has 0 aliphatic carbocycles. The Labute approximate surface area is 164 Å². The minimum Gasteiger partial charge on any atom is -0.490 e. The van der Waals surface area contributed by atoms with Gasteiger partial charge < -0.3 is 30.6 Å². The quantitative estimate of drug-likeness (QED) is 0.608. The predicted molar refractivity (Wildman–Crippen MR) is 108 cm³/mol. The predicted octanol–water partition coefficient (Wildman–Crippen LogP) is 3.63. The Morgan fingerprint density at radius 1 is 0.893 bits per heavy atom. The van der Waals surface area contributed by atoms with E-state index in [1.54, 1.807) is 30.3 Å². The molecule has 0 spiro atoms. The third-order valence-electron chi connectivity index (χ3n) is 3.61. The van der Waals surface area contributed by atoms with Crippen LogP contribution in [0.25, 0.3) is 0 Å². The Balaban J connectivity index is 2.27. The maximum absolute atomic E-state index is 12.4. The number of nitrogens with one attached hydrogen (secondary N) is 2. The van der Waals surface area contributed by atoms with Crippen molar-refractivity contribution in [2.24, 2.45) is 5.73 Å². The second kappa shape index (κ2) is 10.1. The van der Waals surface area contributed by atoms with Crippen molar-refractivity contribution in [1.29, 1.82) is 0 Å². The zero-order chi connectivity index (χ0) is 20.5. The van der Waals surface area contributed by atoms with E-state index < -0.39 is 11.9 Å². The van der Waals surface area contributed by atoms with Crippen LogP contribution in [0, 0.1) is 0 Å². The van der Waals surface area contributed by atoms with Gasteiger partial charge in [0.1, 0.15) is 0 Å². The summed E-state index contributed by atoms with van der Waals surface area (Å²) in [5.41, 5.74) is 6.32. The highest BCUT2D eigenvalue weighted by atomic mass is 16.5. The van der Waals surface area contributed by atoms with Crippen molar-refractivity contribution in [2.45, 2.75) is 20.8 Å². The molecule has 0 aliphatic heterocycles. The second-order valence-corrected chi connectivity index (χ2v) is 5.59. The van der Waals surface area contributed by atoms with E-state index in [4.69, 9.17) is 19.9 Å². The number of carbonyl (C=O) groups excluding carboxylic acids is 2. The van der Waals surface area contributed by atoms with Gasteiger partial charge in [-0.25, -0.2) is 4.79 Å². The second-order valence-electron chi connectivity index (χ2n) is 5.59. The lowest BCUT2D eigenvalue weighted by Gasteiger charge is -2.17. The van der Waals surface area contributed by atoms with Gasteiger partial charge >= 0.3 is 6.03 Å². The highest BCUT2D eigenvalue weighted by Gasteiger charge is 2.17. The number of hydrogen-bond acceptors (Lipinski definition) is 5.